The third-order valence-corrected chi connectivity index (χ3v) is 5.67. The van der Waals surface area contributed by atoms with Crippen LogP contribution >= 0.6 is 11.3 Å². The summed E-state index contributed by atoms with van der Waals surface area (Å²) in [6.07, 6.45) is 0. The Kier molecular flexibility index (Phi) is 4.12. The number of anilines is 1. The molecule has 0 aliphatic heterocycles. The van der Waals surface area contributed by atoms with Crippen LogP contribution in [-0.2, 0) is 16.6 Å². The van der Waals surface area contributed by atoms with Gasteiger partial charge in [0.25, 0.3) is 0 Å². The Balaban J connectivity index is 2.35. The van der Waals surface area contributed by atoms with E-state index in [1.54, 1.807) is 18.6 Å². The third kappa shape index (κ3) is 2.84. The SMILES string of the molecule is Cc1cc(S(=O)(=O)N(C)Cc2cscn2)cc(N)c1C. The van der Waals surface area contributed by atoms with Gasteiger partial charge in [0.1, 0.15) is 0 Å². The molecule has 0 atom stereocenters. The summed E-state index contributed by atoms with van der Waals surface area (Å²) < 4.78 is 26.3. The first-order valence-electron chi connectivity index (χ1n) is 6.02. The number of aromatic nitrogens is 1. The topological polar surface area (TPSA) is 76.3 Å². The highest BCUT2D eigenvalue weighted by atomic mass is 32.2. The molecule has 0 spiro atoms. The Bertz CT molecular complexity index is 686. The smallest absolute Gasteiger partial charge is 0.243 e. The normalized spacial score (nSPS) is 12.0. The van der Waals surface area contributed by atoms with E-state index in [0.29, 0.717) is 5.69 Å². The molecule has 0 radical (unpaired) electrons. The average molecular weight is 311 g/mol. The number of nitrogens with two attached hydrogens (primary N) is 1. The monoisotopic (exact) mass is 311 g/mol. The van der Waals surface area contributed by atoms with E-state index in [4.69, 9.17) is 5.73 Å². The molecule has 2 rings (SSSR count). The summed E-state index contributed by atoms with van der Waals surface area (Å²) in [5.41, 5.74) is 10.5. The molecule has 2 aromatic rings. The van der Waals surface area contributed by atoms with E-state index >= 15 is 0 Å². The first kappa shape index (κ1) is 15.0. The zero-order valence-corrected chi connectivity index (χ0v) is 13.3. The van der Waals surface area contributed by atoms with Gasteiger partial charge in [-0.05, 0) is 37.1 Å². The Hall–Kier alpha value is -1.44. The maximum Gasteiger partial charge on any atom is 0.243 e. The fraction of sp³-hybridized carbons (Fsp3) is 0.308. The van der Waals surface area contributed by atoms with Crippen molar-refractivity contribution in [2.45, 2.75) is 25.3 Å². The van der Waals surface area contributed by atoms with Gasteiger partial charge >= 0.3 is 0 Å². The van der Waals surface area contributed by atoms with Gasteiger partial charge in [-0.3, -0.25) is 0 Å². The van der Waals surface area contributed by atoms with Crippen molar-refractivity contribution in [1.29, 1.82) is 0 Å². The lowest BCUT2D eigenvalue weighted by molar-refractivity contribution is 0.463. The predicted octanol–water partition coefficient (Wildman–Crippen LogP) is 2.16. The molecule has 0 amide bonds. The van der Waals surface area contributed by atoms with Crippen LogP contribution in [0.1, 0.15) is 16.8 Å². The highest BCUT2D eigenvalue weighted by Crippen LogP contribution is 2.24. The minimum atomic E-state index is -3.56. The second kappa shape index (κ2) is 5.51. The standard InChI is InChI=1S/C13H17N3O2S2/c1-9-4-12(5-13(14)10(9)2)20(17,18)16(3)6-11-7-19-8-15-11/h4-5,7-8H,6,14H2,1-3H3. The van der Waals surface area contributed by atoms with Crippen LogP contribution in [-0.4, -0.2) is 24.8 Å². The first-order chi connectivity index (χ1) is 9.32. The van der Waals surface area contributed by atoms with E-state index in [1.807, 2.05) is 19.2 Å². The number of benzene rings is 1. The van der Waals surface area contributed by atoms with E-state index in [1.165, 1.54) is 21.7 Å². The van der Waals surface area contributed by atoms with Crippen molar-refractivity contribution in [3.63, 3.8) is 0 Å². The van der Waals surface area contributed by atoms with Crippen LogP contribution < -0.4 is 5.73 Å². The van der Waals surface area contributed by atoms with Crippen molar-refractivity contribution < 1.29 is 8.42 Å². The van der Waals surface area contributed by atoms with Gasteiger partial charge in [0.2, 0.25) is 10.0 Å². The van der Waals surface area contributed by atoms with Gasteiger partial charge in [0.15, 0.2) is 0 Å². The fourth-order valence-electron chi connectivity index (χ4n) is 1.81. The van der Waals surface area contributed by atoms with Crippen molar-refractivity contribution in [1.82, 2.24) is 9.29 Å². The van der Waals surface area contributed by atoms with Gasteiger partial charge in [-0.2, -0.15) is 4.31 Å². The van der Waals surface area contributed by atoms with Crippen LogP contribution in [0.5, 0.6) is 0 Å². The molecular weight excluding hydrogens is 294 g/mol. The minimum absolute atomic E-state index is 0.218. The van der Waals surface area contributed by atoms with E-state index in [2.05, 4.69) is 4.98 Å². The van der Waals surface area contributed by atoms with Gasteiger partial charge in [0, 0.05) is 18.1 Å². The molecule has 0 aliphatic rings. The molecule has 1 aromatic heterocycles. The van der Waals surface area contributed by atoms with Crippen LogP contribution in [0.4, 0.5) is 5.69 Å². The summed E-state index contributed by atoms with van der Waals surface area (Å²) in [5.74, 6) is 0. The van der Waals surface area contributed by atoms with Gasteiger partial charge in [-0.15, -0.1) is 11.3 Å². The Morgan fingerprint density at radius 1 is 1.35 bits per heavy atom. The zero-order chi connectivity index (χ0) is 14.9. The maximum absolute atomic E-state index is 12.5. The molecule has 0 fully saturated rings. The lowest BCUT2D eigenvalue weighted by atomic mass is 10.1. The van der Waals surface area contributed by atoms with Crippen LogP contribution in [0.3, 0.4) is 0 Å². The molecule has 1 aromatic carbocycles. The number of rotatable bonds is 4. The molecule has 5 nitrogen and oxygen atoms in total. The van der Waals surface area contributed by atoms with E-state index in [-0.39, 0.29) is 11.4 Å². The molecule has 1 heterocycles. The number of hydrogen-bond acceptors (Lipinski definition) is 5. The Labute approximate surface area is 123 Å². The fourth-order valence-corrected chi connectivity index (χ4v) is 3.62. The van der Waals surface area contributed by atoms with Gasteiger partial charge in [-0.25, -0.2) is 13.4 Å². The van der Waals surface area contributed by atoms with Gasteiger partial charge < -0.3 is 5.73 Å². The van der Waals surface area contributed by atoms with E-state index < -0.39 is 10.0 Å². The highest BCUT2D eigenvalue weighted by molar-refractivity contribution is 7.89. The lowest BCUT2D eigenvalue weighted by Crippen LogP contribution is -2.26. The third-order valence-electron chi connectivity index (χ3n) is 3.26. The number of aryl methyl sites for hydroxylation is 1. The predicted molar refractivity (Wildman–Crippen MR) is 81.1 cm³/mol. The lowest BCUT2D eigenvalue weighted by Gasteiger charge is -2.17. The maximum atomic E-state index is 12.5. The second-order valence-corrected chi connectivity index (χ2v) is 7.46. The highest BCUT2D eigenvalue weighted by Gasteiger charge is 2.22. The quantitative estimate of drug-likeness (QED) is 0.878. The van der Waals surface area contributed by atoms with Gasteiger partial charge in [-0.1, -0.05) is 0 Å². The molecule has 20 heavy (non-hydrogen) atoms. The van der Waals surface area contributed by atoms with Crippen molar-refractivity contribution in [3.8, 4) is 0 Å². The second-order valence-electron chi connectivity index (χ2n) is 4.70. The number of hydrogen-bond donors (Lipinski definition) is 1. The van der Waals surface area contributed by atoms with Crippen molar-refractivity contribution >= 4 is 27.0 Å². The molecular formula is C13H17N3O2S2. The summed E-state index contributed by atoms with van der Waals surface area (Å²) in [6.45, 7) is 3.98. The van der Waals surface area contributed by atoms with Crippen molar-refractivity contribution in [2.75, 3.05) is 12.8 Å². The van der Waals surface area contributed by atoms with Gasteiger partial charge in [0.05, 0.1) is 22.6 Å². The summed E-state index contributed by atoms with van der Waals surface area (Å²) in [5, 5.41) is 1.83. The Morgan fingerprint density at radius 3 is 2.60 bits per heavy atom. The molecule has 0 saturated heterocycles. The number of nitrogen functional groups attached to an aromatic ring is 1. The molecule has 0 aliphatic carbocycles. The largest absolute Gasteiger partial charge is 0.398 e. The van der Waals surface area contributed by atoms with E-state index in [9.17, 15) is 8.42 Å². The van der Waals surface area contributed by atoms with Crippen LogP contribution in [0.25, 0.3) is 0 Å². The summed E-state index contributed by atoms with van der Waals surface area (Å²) in [6, 6.07) is 3.16. The molecule has 0 unspecified atom stereocenters. The molecule has 0 saturated carbocycles. The summed E-state index contributed by atoms with van der Waals surface area (Å²) in [7, 11) is -2.02. The number of nitrogens with zero attached hydrogens (tertiary/aromatic N) is 2. The van der Waals surface area contributed by atoms with Crippen LogP contribution in [0.2, 0.25) is 0 Å². The average Bonchev–Trinajstić information content (AvgIpc) is 2.88. The number of sulfonamides is 1. The van der Waals surface area contributed by atoms with Crippen LogP contribution in [0, 0.1) is 13.8 Å². The summed E-state index contributed by atoms with van der Waals surface area (Å²) in [4.78, 5) is 4.32. The molecule has 2 N–H and O–H groups in total. The van der Waals surface area contributed by atoms with Crippen molar-refractivity contribution in [2.24, 2.45) is 0 Å². The van der Waals surface area contributed by atoms with Crippen LogP contribution in [0.15, 0.2) is 27.9 Å². The van der Waals surface area contributed by atoms with E-state index in [0.717, 1.165) is 16.8 Å². The first-order valence-corrected chi connectivity index (χ1v) is 8.41. The Morgan fingerprint density at radius 2 is 2.05 bits per heavy atom. The van der Waals surface area contributed by atoms with Crippen molar-refractivity contribution in [3.05, 3.63) is 39.8 Å². The number of thiazole rings is 1. The molecule has 7 heteroatoms. The molecule has 0 bridgehead atoms. The zero-order valence-electron chi connectivity index (χ0n) is 11.6. The molecule has 108 valence electrons. The minimum Gasteiger partial charge on any atom is -0.398 e. The summed E-state index contributed by atoms with van der Waals surface area (Å²) >= 11 is 1.44.